The number of hydrogen-bond donors (Lipinski definition) is 1. The molecule has 0 atom stereocenters. The van der Waals surface area contributed by atoms with E-state index >= 15 is 0 Å². The number of ether oxygens (including phenoxy) is 1. The van der Waals surface area contributed by atoms with E-state index in [4.69, 9.17) is 4.74 Å². The maximum absolute atomic E-state index is 11.4. The Balaban J connectivity index is 1.99. The number of rotatable bonds is 3. The van der Waals surface area contributed by atoms with Gasteiger partial charge in [-0.2, -0.15) is 0 Å². The second-order valence-electron chi connectivity index (χ2n) is 5.73. The highest BCUT2D eigenvalue weighted by Gasteiger charge is 2.23. The van der Waals surface area contributed by atoms with Crippen molar-refractivity contribution in [3.8, 4) is 0 Å². The standard InChI is InChI=1S/C14H20N2O2/c1-14(2,3)10-15-11-4-6-12(7-5-11)16-8-9-18-13(16)17/h4-7,15H,8-10H2,1-3H3. The first kappa shape index (κ1) is 12.7. The summed E-state index contributed by atoms with van der Waals surface area (Å²) < 4.78 is 4.91. The number of anilines is 2. The van der Waals surface area contributed by atoms with Crippen LogP contribution in [0.25, 0.3) is 0 Å². The monoisotopic (exact) mass is 248 g/mol. The Morgan fingerprint density at radius 3 is 2.44 bits per heavy atom. The SMILES string of the molecule is CC(C)(C)CNc1ccc(N2CCOC2=O)cc1. The Kier molecular flexibility index (Phi) is 3.45. The van der Waals surface area contributed by atoms with E-state index in [-0.39, 0.29) is 11.5 Å². The van der Waals surface area contributed by atoms with Crippen LogP contribution in [0.3, 0.4) is 0 Å². The number of amides is 1. The van der Waals surface area contributed by atoms with Gasteiger partial charge in [0.1, 0.15) is 6.61 Å². The summed E-state index contributed by atoms with van der Waals surface area (Å²) in [7, 11) is 0. The molecule has 1 aromatic rings. The maximum Gasteiger partial charge on any atom is 0.414 e. The molecule has 1 N–H and O–H groups in total. The van der Waals surface area contributed by atoms with Crippen molar-refractivity contribution in [3.63, 3.8) is 0 Å². The summed E-state index contributed by atoms with van der Waals surface area (Å²) in [5, 5.41) is 3.38. The lowest BCUT2D eigenvalue weighted by Gasteiger charge is -2.20. The van der Waals surface area contributed by atoms with Crippen molar-refractivity contribution in [2.45, 2.75) is 20.8 Å². The Hall–Kier alpha value is -1.71. The number of carbonyl (C=O) groups excluding carboxylic acids is 1. The number of benzene rings is 1. The third kappa shape index (κ3) is 3.15. The van der Waals surface area contributed by atoms with E-state index in [0.29, 0.717) is 13.2 Å². The topological polar surface area (TPSA) is 41.6 Å². The third-order valence-corrected chi connectivity index (χ3v) is 2.76. The largest absolute Gasteiger partial charge is 0.447 e. The minimum absolute atomic E-state index is 0.247. The molecule has 98 valence electrons. The van der Waals surface area contributed by atoms with Gasteiger partial charge in [0.25, 0.3) is 0 Å². The molecular weight excluding hydrogens is 228 g/mol. The summed E-state index contributed by atoms with van der Waals surface area (Å²) in [6.07, 6.45) is -0.259. The third-order valence-electron chi connectivity index (χ3n) is 2.76. The van der Waals surface area contributed by atoms with E-state index in [1.807, 2.05) is 24.3 Å². The maximum atomic E-state index is 11.4. The van der Waals surface area contributed by atoms with E-state index in [9.17, 15) is 4.79 Å². The lowest BCUT2D eigenvalue weighted by molar-refractivity contribution is 0.181. The predicted octanol–water partition coefficient (Wildman–Crippen LogP) is 3.10. The fourth-order valence-corrected chi connectivity index (χ4v) is 1.75. The van der Waals surface area contributed by atoms with Crippen molar-refractivity contribution in [2.24, 2.45) is 5.41 Å². The fraction of sp³-hybridized carbons (Fsp3) is 0.500. The van der Waals surface area contributed by atoms with Crippen LogP contribution in [0, 0.1) is 5.41 Å². The molecule has 0 saturated carbocycles. The molecule has 1 heterocycles. The van der Waals surface area contributed by atoms with Gasteiger partial charge in [0.15, 0.2) is 0 Å². The van der Waals surface area contributed by atoms with Gasteiger partial charge in [0.05, 0.1) is 6.54 Å². The molecule has 1 saturated heterocycles. The Morgan fingerprint density at radius 2 is 1.94 bits per heavy atom. The number of nitrogens with zero attached hydrogens (tertiary/aromatic N) is 1. The molecule has 1 aliphatic rings. The molecule has 4 heteroatoms. The molecule has 1 aromatic carbocycles. The predicted molar refractivity (Wildman–Crippen MR) is 73.1 cm³/mol. The quantitative estimate of drug-likeness (QED) is 0.893. The summed E-state index contributed by atoms with van der Waals surface area (Å²) in [6, 6.07) is 7.87. The number of hydrogen-bond acceptors (Lipinski definition) is 3. The molecule has 0 aliphatic carbocycles. The Morgan fingerprint density at radius 1 is 1.28 bits per heavy atom. The lowest BCUT2D eigenvalue weighted by Crippen LogP contribution is -2.23. The molecule has 18 heavy (non-hydrogen) atoms. The molecule has 0 aromatic heterocycles. The highest BCUT2D eigenvalue weighted by molar-refractivity contribution is 5.89. The van der Waals surface area contributed by atoms with Crippen LogP contribution in [0.4, 0.5) is 16.2 Å². The van der Waals surface area contributed by atoms with Crippen molar-refractivity contribution in [1.82, 2.24) is 0 Å². The molecule has 4 nitrogen and oxygen atoms in total. The van der Waals surface area contributed by atoms with Gasteiger partial charge in [-0.05, 0) is 29.7 Å². The summed E-state index contributed by atoms with van der Waals surface area (Å²) in [5.41, 5.74) is 2.21. The second kappa shape index (κ2) is 4.88. The highest BCUT2D eigenvalue weighted by Crippen LogP contribution is 2.22. The molecule has 2 rings (SSSR count). The highest BCUT2D eigenvalue weighted by atomic mass is 16.6. The van der Waals surface area contributed by atoms with Crippen LogP contribution in [-0.4, -0.2) is 25.8 Å². The van der Waals surface area contributed by atoms with Gasteiger partial charge in [0, 0.05) is 17.9 Å². The Labute approximate surface area is 108 Å². The summed E-state index contributed by atoms with van der Waals surface area (Å²) in [6.45, 7) is 8.59. The van der Waals surface area contributed by atoms with Crippen molar-refractivity contribution in [2.75, 3.05) is 29.9 Å². The summed E-state index contributed by atoms with van der Waals surface area (Å²) in [5.74, 6) is 0. The minimum Gasteiger partial charge on any atom is -0.447 e. The lowest BCUT2D eigenvalue weighted by atomic mass is 9.97. The number of carbonyl (C=O) groups is 1. The van der Waals surface area contributed by atoms with Crippen LogP contribution in [0.2, 0.25) is 0 Å². The van der Waals surface area contributed by atoms with Crippen molar-refractivity contribution in [3.05, 3.63) is 24.3 Å². The van der Waals surface area contributed by atoms with Crippen molar-refractivity contribution < 1.29 is 9.53 Å². The van der Waals surface area contributed by atoms with E-state index in [1.165, 1.54) is 0 Å². The minimum atomic E-state index is -0.259. The average Bonchev–Trinajstić information content (AvgIpc) is 2.73. The van der Waals surface area contributed by atoms with E-state index in [1.54, 1.807) is 4.90 Å². The first-order valence-electron chi connectivity index (χ1n) is 6.24. The van der Waals surface area contributed by atoms with Gasteiger partial charge in [-0.3, -0.25) is 4.90 Å². The molecule has 0 radical (unpaired) electrons. The van der Waals surface area contributed by atoms with Crippen LogP contribution < -0.4 is 10.2 Å². The zero-order valence-corrected chi connectivity index (χ0v) is 11.2. The first-order chi connectivity index (χ1) is 8.46. The van der Waals surface area contributed by atoms with Crippen LogP contribution in [0.5, 0.6) is 0 Å². The normalized spacial score (nSPS) is 15.7. The molecule has 1 amide bonds. The molecular formula is C14H20N2O2. The number of cyclic esters (lactones) is 1. The summed E-state index contributed by atoms with van der Waals surface area (Å²) in [4.78, 5) is 13.1. The van der Waals surface area contributed by atoms with Gasteiger partial charge >= 0.3 is 6.09 Å². The van der Waals surface area contributed by atoms with Crippen molar-refractivity contribution in [1.29, 1.82) is 0 Å². The van der Waals surface area contributed by atoms with E-state index in [0.717, 1.165) is 17.9 Å². The van der Waals surface area contributed by atoms with Crippen LogP contribution >= 0.6 is 0 Å². The zero-order chi connectivity index (χ0) is 13.2. The zero-order valence-electron chi connectivity index (χ0n) is 11.2. The fourth-order valence-electron chi connectivity index (χ4n) is 1.75. The average molecular weight is 248 g/mol. The first-order valence-corrected chi connectivity index (χ1v) is 6.24. The van der Waals surface area contributed by atoms with Crippen LogP contribution in [0.15, 0.2) is 24.3 Å². The van der Waals surface area contributed by atoms with Crippen molar-refractivity contribution >= 4 is 17.5 Å². The van der Waals surface area contributed by atoms with E-state index < -0.39 is 0 Å². The molecule has 0 bridgehead atoms. The Bertz CT molecular complexity index is 420. The molecule has 0 spiro atoms. The molecule has 1 fully saturated rings. The van der Waals surface area contributed by atoms with E-state index in [2.05, 4.69) is 26.1 Å². The van der Waals surface area contributed by atoms with Gasteiger partial charge in [-0.15, -0.1) is 0 Å². The van der Waals surface area contributed by atoms with Gasteiger partial charge in [-0.25, -0.2) is 4.79 Å². The molecule has 0 unspecified atom stereocenters. The smallest absolute Gasteiger partial charge is 0.414 e. The van der Waals surface area contributed by atoms with Gasteiger partial charge in [-0.1, -0.05) is 20.8 Å². The van der Waals surface area contributed by atoms with Gasteiger partial charge in [0.2, 0.25) is 0 Å². The van der Waals surface area contributed by atoms with Gasteiger partial charge < -0.3 is 10.1 Å². The molecule has 1 aliphatic heterocycles. The summed E-state index contributed by atoms with van der Waals surface area (Å²) >= 11 is 0. The van der Waals surface area contributed by atoms with Crippen LogP contribution in [0.1, 0.15) is 20.8 Å². The van der Waals surface area contributed by atoms with Crippen LogP contribution in [-0.2, 0) is 4.74 Å². The number of nitrogens with one attached hydrogen (secondary N) is 1. The second-order valence-corrected chi connectivity index (χ2v) is 5.73.